The molecule has 0 saturated heterocycles. The van der Waals surface area contributed by atoms with Gasteiger partial charge in [0.15, 0.2) is 0 Å². The molecule has 0 aliphatic rings. The molecule has 0 unspecified atom stereocenters. The van der Waals surface area contributed by atoms with E-state index in [0.717, 1.165) is 10.8 Å². The van der Waals surface area contributed by atoms with E-state index >= 15 is 0 Å². The standard InChI is InChI=1S/C16H16O4/c1-3-15(17)20-14-10-12-8-6-5-7-11(12)9-13(14)16(18)19-4-2/h5-10H,3-4H2,1-2H3. The third-order valence-corrected chi connectivity index (χ3v) is 2.86. The summed E-state index contributed by atoms with van der Waals surface area (Å²) in [4.78, 5) is 23.4. The lowest BCUT2D eigenvalue weighted by molar-refractivity contribution is -0.134. The van der Waals surface area contributed by atoms with Crippen LogP contribution in [0.1, 0.15) is 30.6 Å². The highest BCUT2D eigenvalue weighted by Crippen LogP contribution is 2.27. The third kappa shape index (κ3) is 2.96. The van der Waals surface area contributed by atoms with E-state index in [-0.39, 0.29) is 30.3 Å². The topological polar surface area (TPSA) is 52.6 Å². The molecule has 0 amide bonds. The number of carbonyl (C=O) groups is 2. The van der Waals surface area contributed by atoms with Crippen molar-refractivity contribution in [1.82, 2.24) is 0 Å². The fraction of sp³-hybridized carbons (Fsp3) is 0.250. The highest BCUT2D eigenvalue weighted by atomic mass is 16.5. The van der Waals surface area contributed by atoms with Crippen molar-refractivity contribution in [2.75, 3.05) is 6.61 Å². The van der Waals surface area contributed by atoms with Gasteiger partial charge < -0.3 is 9.47 Å². The van der Waals surface area contributed by atoms with Crippen molar-refractivity contribution in [2.24, 2.45) is 0 Å². The number of esters is 2. The molecule has 2 rings (SSSR count). The zero-order chi connectivity index (χ0) is 14.5. The van der Waals surface area contributed by atoms with Crippen LogP contribution in [-0.4, -0.2) is 18.5 Å². The summed E-state index contributed by atoms with van der Waals surface area (Å²) < 4.78 is 10.2. The first-order valence-corrected chi connectivity index (χ1v) is 6.56. The van der Waals surface area contributed by atoms with Gasteiger partial charge in [-0.25, -0.2) is 4.79 Å². The summed E-state index contributed by atoms with van der Waals surface area (Å²) in [5.74, 6) is -0.628. The Morgan fingerprint density at radius 3 is 2.30 bits per heavy atom. The van der Waals surface area contributed by atoms with Crippen LogP contribution in [-0.2, 0) is 9.53 Å². The van der Waals surface area contributed by atoms with Gasteiger partial charge in [-0.3, -0.25) is 4.79 Å². The number of hydrogen-bond donors (Lipinski definition) is 0. The molecule has 0 spiro atoms. The lowest BCUT2D eigenvalue weighted by Gasteiger charge is -2.10. The number of benzene rings is 2. The molecule has 0 heterocycles. The van der Waals surface area contributed by atoms with E-state index in [4.69, 9.17) is 9.47 Å². The fourth-order valence-corrected chi connectivity index (χ4v) is 1.87. The number of fused-ring (bicyclic) bond motifs is 1. The Hall–Kier alpha value is -2.36. The van der Waals surface area contributed by atoms with E-state index in [1.807, 2.05) is 24.3 Å². The minimum atomic E-state index is -0.489. The summed E-state index contributed by atoms with van der Waals surface area (Å²) in [6.07, 6.45) is 0.245. The van der Waals surface area contributed by atoms with Crippen molar-refractivity contribution >= 4 is 22.7 Å². The molecule has 0 bridgehead atoms. The maximum absolute atomic E-state index is 12.0. The quantitative estimate of drug-likeness (QED) is 0.632. The van der Waals surface area contributed by atoms with Gasteiger partial charge in [-0.2, -0.15) is 0 Å². The van der Waals surface area contributed by atoms with Crippen LogP contribution < -0.4 is 4.74 Å². The second kappa shape index (κ2) is 6.19. The fourth-order valence-electron chi connectivity index (χ4n) is 1.87. The summed E-state index contributed by atoms with van der Waals surface area (Å²) >= 11 is 0. The van der Waals surface area contributed by atoms with Gasteiger partial charge in [0, 0.05) is 6.42 Å². The van der Waals surface area contributed by atoms with Gasteiger partial charge in [-0.15, -0.1) is 0 Å². The van der Waals surface area contributed by atoms with Crippen LogP contribution in [0.15, 0.2) is 36.4 Å². The average molecular weight is 272 g/mol. The molecule has 0 fully saturated rings. The molecule has 2 aromatic rings. The number of rotatable bonds is 4. The van der Waals surface area contributed by atoms with Crippen LogP contribution in [0, 0.1) is 0 Å². The van der Waals surface area contributed by atoms with Gasteiger partial charge in [0.25, 0.3) is 0 Å². The summed E-state index contributed by atoms with van der Waals surface area (Å²) in [6, 6.07) is 10.9. The Kier molecular flexibility index (Phi) is 4.35. The maximum atomic E-state index is 12.0. The first-order valence-electron chi connectivity index (χ1n) is 6.56. The summed E-state index contributed by atoms with van der Waals surface area (Å²) in [6.45, 7) is 3.71. The highest BCUT2D eigenvalue weighted by molar-refractivity contribution is 5.99. The highest BCUT2D eigenvalue weighted by Gasteiger charge is 2.17. The van der Waals surface area contributed by atoms with E-state index in [1.165, 1.54) is 0 Å². The van der Waals surface area contributed by atoms with Crippen LogP contribution in [0.4, 0.5) is 0 Å². The van der Waals surface area contributed by atoms with Crippen LogP contribution in [0.25, 0.3) is 10.8 Å². The summed E-state index contributed by atoms with van der Waals surface area (Å²) in [5, 5.41) is 1.80. The zero-order valence-electron chi connectivity index (χ0n) is 11.5. The molecule has 0 atom stereocenters. The Balaban J connectivity index is 2.52. The average Bonchev–Trinajstić information content (AvgIpc) is 2.46. The summed E-state index contributed by atoms with van der Waals surface area (Å²) in [5.41, 5.74) is 0.271. The molecule has 4 heteroatoms. The van der Waals surface area contributed by atoms with Gasteiger partial charge in [-0.05, 0) is 29.8 Å². The first kappa shape index (κ1) is 14.1. The number of hydrogen-bond acceptors (Lipinski definition) is 4. The van der Waals surface area contributed by atoms with Crippen molar-refractivity contribution < 1.29 is 19.1 Å². The number of ether oxygens (including phenoxy) is 2. The third-order valence-electron chi connectivity index (χ3n) is 2.86. The SMILES string of the molecule is CCOC(=O)c1cc2ccccc2cc1OC(=O)CC. The molecule has 0 aliphatic heterocycles. The molecule has 20 heavy (non-hydrogen) atoms. The van der Waals surface area contributed by atoms with Gasteiger partial charge >= 0.3 is 11.9 Å². The Morgan fingerprint density at radius 1 is 1.05 bits per heavy atom. The van der Waals surface area contributed by atoms with Crippen molar-refractivity contribution in [3.05, 3.63) is 42.0 Å². The predicted molar refractivity (Wildman–Crippen MR) is 75.8 cm³/mol. The van der Waals surface area contributed by atoms with E-state index in [9.17, 15) is 9.59 Å². The first-order chi connectivity index (χ1) is 9.65. The molecule has 0 aliphatic carbocycles. The second-order valence-corrected chi connectivity index (χ2v) is 4.24. The molecule has 104 valence electrons. The van der Waals surface area contributed by atoms with E-state index in [0.29, 0.717) is 0 Å². The van der Waals surface area contributed by atoms with E-state index in [2.05, 4.69) is 0 Å². The largest absolute Gasteiger partial charge is 0.462 e. The Bertz CT molecular complexity index is 646. The molecule has 0 radical (unpaired) electrons. The molecule has 0 N–H and O–H groups in total. The van der Waals surface area contributed by atoms with Crippen molar-refractivity contribution in [2.45, 2.75) is 20.3 Å². The predicted octanol–water partition coefficient (Wildman–Crippen LogP) is 3.33. The maximum Gasteiger partial charge on any atom is 0.341 e. The van der Waals surface area contributed by atoms with Gasteiger partial charge in [-0.1, -0.05) is 31.2 Å². The molecule has 2 aromatic carbocycles. The van der Waals surface area contributed by atoms with Gasteiger partial charge in [0.1, 0.15) is 11.3 Å². The molecule has 0 saturated carbocycles. The minimum absolute atomic E-state index is 0.244. The minimum Gasteiger partial charge on any atom is -0.462 e. The van der Waals surface area contributed by atoms with Crippen LogP contribution in [0.5, 0.6) is 5.75 Å². The molecular formula is C16H16O4. The molecule has 0 aromatic heterocycles. The van der Waals surface area contributed by atoms with E-state index in [1.54, 1.807) is 26.0 Å². The van der Waals surface area contributed by atoms with Gasteiger partial charge in [0.2, 0.25) is 0 Å². The Morgan fingerprint density at radius 2 is 1.70 bits per heavy atom. The van der Waals surface area contributed by atoms with Gasteiger partial charge in [0.05, 0.1) is 6.61 Å². The lowest BCUT2D eigenvalue weighted by atomic mass is 10.1. The number of carbonyl (C=O) groups excluding carboxylic acids is 2. The normalized spacial score (nSPS) is 10.3. The van der Waals surface area contributed by atoms with Crippen LogP contribution in [0.3, 0.4) is 0 Å². The second-order valence-electron chi connectivity index (χ2n) is 4.24. The van der Waals surface area contributed by atoms with Crippen molar-refractivity contribution in [1.29, 1.82) is 0 Å². The van der Waals surface area contributed by atoms with Crippen LogP contribution in [0.2, 0.25) is 0 Å². The lowest BCUT2D eigenvalue weighted by Crippen LogP contribution is -2.12. The monoisotopic (exact) mass is 272 g/mol. The summed E-state index contributed by atoms with van der Waals surface area (Å²) in [7, 11) is 0. The molecular weight excluding hydrogens is 256 g/mol. The van der Waals surface area contributed by atoms with E-state index < -0.39 is 5.97 Å². The smallest absolute Gasteiger partial charge is 0.341 e. The van der Waals surface area contributed by atoms with Crippen LogP contribution >= 0.6 is 0 Å². The molecule has 4 nitrogen and oxygen atoms in total. The van der Waals surface area contributed by atoms with Crippen molar-refractivity contribution in [3.63, 3.8) is 0 Å². The Labute approximate surface area is 117 Å². The zero-order valence-corrected chi connectivity index (χ0v) is 11.5. The van der Waals surface area contributed by atoms with Crippen molar-refractivity contribution in [3.8, 4) is 5.75 Å².